The second kappa shape index (κ2) is 8.17. The van der Waals surface area contributed by atoms with Gasteiger partial charge in [0.1, 0.15) is 5.69 Å². The molecule has 0 saturated carbocycles. The lowest BCUT2D eigenvalue weighted by Gasteiger charge is -2.32. The zero-order valence-electron chi connectivity index (χ0n) is 17.4. The molecule has 0 amide bonds. The largest absolute Gasteiger partial charge is 0.463 e. The van der Waals surface area contributed by atoms with E-state index in [0.29, 0.717) is 17.7 Å². The minimum absolute atomic E-state index is 0.0220. The first-order valence-electron chi connectivity index (χ1n) is 10.4. The molecule has 1 spiro atoms. The van der Waals surface area contributed by atoms with Crippen LogP contribution in [0.4, 0.5) is 13.2 Å². The fraction of sp³-hybridized carbons (Fsp3) is 0.318. The SMILES string of the molecule is O=C1CCC(=O)OC2(CNCCc3c2ccc(Cl)c3-n2nc(C(F)(F)F)cc2-c2ccco2)O1. The normalized spacial score (nSPS) is 18.1. The van der Waals surface area contributed by atoms with Gasteiger partial charge in [-0.15, -0.1) is 0 Å². The number of fused-ring (bicyclic) bond motifs is 2. The molecule has 0 bridgehead atoms. The van der Waals surface area contributed by atoms with Gasteiger partial charge < -0.3 is 19.2 Å². The van der Waals surface area contributed by atoms with Crippen LogP contribution in [0.25, 0.3) is 17.1 Å². The molecule has 2 aromatic heterocycles. The van der Waals surface area contributed by atoms with Crippen molar-refractivity contribution in [2.75, 3.05) is 13.1 Å². The lowest BCUT2D eigenvalue weighted by molar-refractivity contribution is -0.225. The number of esters is 2. The molecule has 5 rings (SSSR count). The maximum Gasteiger partial charge on any atom is 0.435 e. The fourth-order valence-electron chi connectivity index (χ4n) is 4.18. The number of hydrogen-bond donors (Lipinski definition) is 1. The maximum atomic E-state index is 13.6. The summed E-state index contributed by atoms with van der Waals surface area (Å²) in [5.41, 5.74) is -0.254. The van der Waals surface area contributed by atoms with E-state index in [2.05, 4.69) is 10.4 Å². The van der Waals surface area contributed by atoms with Gasteiger partial charge in [-0.05, 0) is 42.8 Å². The molecule has 8 nitrogen and oxygen atoms in total. The van der Waals surface area contributed by atoms with E-state index < -0.39 is 29.6 Å². The minimum atomic E-state index is -4.72. The Bertz CT molecular complexity index is 1250. The quantitative estimate of drug-likeness (QED) is 0.537. The van der Waals surface area contributed by atoms with Crippen molar-refractivity contribution in [3.8, 4) is 17.1 Å². The number of nitrogens with one attached hydrogen (secondary N) is 1. The number of halogens is 4. The average Bonchev–Trinajstić information content (AvgIpc) is 3.38. The molecule has 12 heteroatoms. The molecule has 3 aromatic rings. The van der Waals surface area contributed by atoms with Gasteiger partial charge in [0.05, 0.1) is 36.4 Å². The van der Waals surface area contributed by atoms with E-state index in [4.69, 9.17) is 25.5 Å². The molecule has 0 radical (unpaired) electrons. The number of hydrogen-bond acceptors (Lipinski definition) is 7. The Labute approximate surface area is 195 Å². The third-order valence-electron chi connectivity index (χ3n) is 5.63. The maximum absolute atomic E-state index is 13.6. The number of ether oxygens (including phenoxy) is 2. The van der Waals surface area contributed by atoms with E-state index >= 15 is 0 Å². The van der Waals surface area contributed by atoms with Gasteiger partial charge in [-0.1, -0.05) is 11.6 Å². The van der Waals surface area contributed by atoms with Gasteiger partial charge in [0, 0.05) is 11.6 Å². The smallest absolute Gasteiger partial charge is 0.435 e. The van der Waals surface area contributed by atoms with Crippen LogP contribution in [0, 0.1) is 0 Å². The molecule has 2 aliphatic rings. The van der Waals surface area contributed by atoms with Crippen LogP contribution in [0.5, 0.6) is 0 Å². The van der Waals surface area contributed by atoms with Gasteiger partial charge in [-0.25, -0.2) is 4.68 Å². The second-order valence-corrected chi connectivity index (χ2v) is 8.26. The summed E-state index contributed by atoms with van der Waals surface area (Å²) in [4.78, 5) is 24.6. The van der Waals surface area contributed by atoms with Crippen LogP contribution < -0.4 is 5.32 Å². The number of carbonyl (C=O) groups excluding carboxylic acids is 2. The third kappa shape index (κ3) is 3.84. The first-order valence-corrected chi connectivity index (χ1v) is 10.7. The molecular weight excluding hydrogens is 479 g/mol. The topological polar surface area (TPSA) is 95.6 Å². The molecule has 178 valence electrons. The van der Waals surface area contributed by atoms with Crippen LogP contribution >= 0.6 is 11.6 Å². The summed E-state index contributed by atoms with van der Waals surface area (Å²) in [6.45, 7) is 0.317. The van der Waals surface area contributed by atoms with Crippen molar-refractivity contribution >= 4 is 23.5 Å². The fourth-order valence-corrected chi connectivity index (χ4v) is 4.43. The summed E-state index contributed by atoms with van der Waals surface area (Å²) in [5.74, 6) is -2.91. The standard InChI is InChI=1S/C22H17ClF3N3O5/c23-14-4-3-13-12(7-8-27-11-21(13)33-18(30)5-6-19(31)34-21)20(14)29-15(16-2-1-9-32-16)10-17(28-29)22(24,25)26/h1-4,9-10,27H,5-8,11H2. The van der Waals surface area contributed by atoms with E-state index in [9.17, 15) is 22.8 Å². The van der Waals surface area contributed by atoms with Crippen molar-refractivity contribution in [1.82, 2.24) is 15.1 Å². The zero-order valence-corrected chi connectivity index (χ0v) is 18.2. The monoisotopic (exact) mass is 495 g/mol. The molecule has 0 aliphatic carbocycles. The van der Waals surface area contributed by atoms with Crippen LogP contribution in [0.3, 0.4) is 0 Å². The lowest BCUT2D eigenvalue weighted by atomic mass is 9.96. The highest BCUT2D eigenvalue weighted by Gasteiger charge is 2.46. The minimum Gasteiger partial charge on any atom is -0.463 e. The van der Waals surface area contributed by atoms with Gasteiger partial charge in [-0.2, -0.15) is 18.3 Å². The molecule has 2 aliphatic heterocycles. The van der Waals surface area contributed by atoms with Crippen LogP contribution in [-0.4, -0.2) is 34.8 Å². The van der Waals surface area contributed by atoms with Crippen molar-refractivity contribution in [2.45, 2.75) is 31.2 Å². The Balaban J connectivity index is 1.77. The number of furan rings is 1. The van der Waals surface area contributed by atoms with E-state index in [0.717, 1.165) is 10.7 Å². The number of carbonyl (C=O) groups is 2. The first kappa shape index (κ1) is 22.5. The Morgan fingerprint density at radius 2 is 1.82 bits per heavy atom. The first-order chi connectivity index (χ1) is 16.2. The van der Waals surface area contributed by atoms with Crippen LogP contribution in [-0.2, 0) is 37.4 Å². The molecule has 1 fully saturated rings. The highest BCUT2D eigenvalue weighted by atomic mass is 35.5. The number of rotatable bonds is 2. The number of nitrogens with zero attached hydrogens (tertiary/aromatic N) is 2. The van der Waals surface area contributed by atoms with Crippen molar-refractivity contribution in [3.63, 3.8) is 0 Å². The highest BCUT2D eigenvalue weighted by molar-refractivity contribution is 6.32. The van der Waals surface area contributed by atoms with Crippen molar-refractivity contribution in [3.05, 3.63) is 58.4 Å². The predicted molar refractivity (Wildman–Crippen MR) is 111 cm³/mol. The Hall–Kier alpha value is -3.31. The highest BCUT2D eigenvalue weighted by Crippen LogP contribution is 2.41. The molecule has 1 N–H and O–H groups in total. The Morgan fingerprint density at radius 1 is 1.09 bits per heavy atom. The Morgan fingerprint density at radius 3 is 2.47 bits per heavy atom. The predicted octanol–water partition coefficient (Wildman–Crippen LogP) is 3.98. The number of benzene rings is 1. The van der Waals surface area contributed by atoms with Gasteiger partial charge in [0.15, 0.2) is 11.5 Å². The van der Waals surface area contributed by atoms with Crippen molar-refractivity contribution < 1.29 is 36.7 Å². The summed E-state index contributed by atoms with van der Waals surface area (Å²) in [6.07, 6.45) is -3.41. The summed E-state index contributed by atoms with van der Waals surface area (Å²) in [5, 5.41) is 6.97. The zero-order chi connectivity index (χ0) is 24.1. The van der Waals surface area contributed by atoms with Crippen LogP contribution in [0.15, 0.2) is 41.0 Å². The Kier molecular flexibility index (Phi) is 5.40. The van der Waals surface area contributed by atoms with Gasteiger partial charge in [0.2, 0.25) is 0 Å². The van der Waals surface area contributed by atoms with Gasteiger partial charge in [0.25, 0.3) is 5.79 Å². The molecule has 0 atom stereocenters. The summed E-state index contributed by atoms with van der Waals surface area (Å²) < 4.78 is 58.4. The van der Waals surface area contributed by atoms with E-state index in [1.165, 1.54) is 24.5 Å². The molecule has 4 heterocycles. The molecule has 0 unspecified atom stereocenters. The summed E-state index contributed by atoms with van der Waals surface area (Å²) in [7, 11) is 0. The molecule has 34 heavy (non-hydrogen) atoms. The van der Waals surface area contributed by atoms with E-state index in [1.54, 1.807) is 6.07 Å². The number of alkyl halides is 3. The third-order valence-corrected chi connectivity index (χ3v) is 5.93. The summed E-state index contributed by atoms with van der Waals surface area (Å²) >= 11 is 6.51. The second-order valence-electron chi connectivity index (χ2n) is 7.85. The summed E-state index contributed by atoms with van der Waals surface area (Å²) in [6, 6.07) is 6.89. The molecule has 1 aromatic carbocycles. The molecule has 1 saturated heterocycles. The van der Waals surface area contributed by atoms with Crippen LogP contribution in [0.1, 0.15) is 29.7 Å². The van der Waals surface area contributed by atoms with Crippen molar-refractivity contribution in [2.24, 2.45) is 0 Å². The van der Waals surface area contributed by atoms with Gasteiger partial charge >= 0.3 is 18.1 Å². The van der Waals surface area contributed by atoms with Gasteiger partial charge in [-0.3, -0.25) is 9.59 Å². The van der Waals surface area contributed by atoms with Crippen LogP contribution in [0.2, 0.25) is 5.02 Å². The van der Waals surface area contributed by atoms with E-state index in [-0.39, 0.29) is 48.0 Å². The average molecular weight is 496 g/mol. The van der Waals surface area contributed by atoms with Crippen molar-refractivity contribution in [1.29, 1.82) is 0 Å². The number of aromatic nitrogens is 2. The lowest BCUT2D eigenvalue weighted by Crippen LogP contribution is -2.43. The molecular formula is C22H17ClF3N3O5. The van der Waals surface area contributed by atoms with E-state index in [1.807, 2.05) is 0 Å².